The van der Waals surface area contributed by atoms with E-state index in [0.717, 1.165) is 17.5 Å². The highest BCUT2D eigenvalue weighted by Crippen LogP contribution is 2.15. The molecule has 14 heavy (non-hydrogen) atoms. The largest absolute Gasteiger partial charge is 0.298 e. The Balaban J connectivity index is 2.46. The fourth-order valence-corrected chi connectivity index (χ4v) is 1.23. The van der Waals surface area contributed by atoms with Crippen molar-refractivity contribution in [2.24, 2.45) is 7.05 Å². The number of nitrogens with zero attached hydrogens (tertiary/aromatic N) is 3. The first kappa shape index (κ1) is 8.62. The van der Waals surface area contributed by atoms with Crippen LogP contribution < -0.4 is 0 Å². The minimum absolute atomic E-state index is 0.563. The van der Waals surface area contributed by atoms with Crippen LogP contribution in [0.1, 0.15) is 10.4 Å². The van der Waals surface area contributed by atoms with Crippen LogP contribution in [0.4, 0.5) is 0 Å². The first-order chi connectivity index (χ1) is 6.79. The molecule has 0 aliphatic carbocycles. The zero-order chi connectivity index (χ0) is 9.97. The fourth-order valence-electron chi connectivity index (χ4n) is 1.23. The molecule has 0 atom stereocenters. The smallest absolute Gasteiger partial charge is 0.151 e. The number of aryl methyl sites for hydroxylation is 1. The van der Waals surface area contributed by atoms with E-state index in [4.69, 9.17) is 0 Å². The molecule has 0 saturated carbocycles. The molecular formula is C10H9N3O. The Morgan fingerprint density at radius 3 is 2.93 bits per heavy atom. The number of pyridine rings is 1. The number of hydrogen-bond donors (Lipinski definition) is 0. The summed E-state index contributed by atoms with van der Waals surface area (Å²) in [5.41, 5.74) is 2.24. The van der Waals surface area contributed by atoms with Gasteiger partial charge in [-0.05, 0) is 12.1 Å². The quantitative estimate of drug-likeness (QED) is 0.665. The van der Waals surface area contributed by atoms with Crippen LogP contribution in [-0.4, -0.2) is 21.1 Å². The van der Waals surface area contributed by atoms with Gasteiger partial charge in [-0.3, -0.25) is 14.5 Å². The van der Waals surface area contributed by atoms with Crippen LogP contribution in [-0.2, 0) is 7.05 Å². The SMILES string of the molecule is Cn1ccc(-c2cncc(C=O)c2)n1. The van der Waals surface area contributed by atoms with Crippen LogP contribution in [0.3, 0.4) is 0 Å². The summed E-state index contributed by atoms with van der Waals surface area (Å²) in [6.07, 6.45) is 5.84. The number of hydrogen-bond acceptors (Lipinski definition) is 3. The molecule has 0 bridgehead atoms. The maximum absolute atomic E-state index is 10.5. The van der Waals surface area contributed by atoms with Crippen molar-refractivity contribution in [3.8, 4) is 11.3 Å². The zero-order valence-corrected chi connectivity index (χ0v) is 7.71. The number of carbonyl (C=O) groups is 1. The predicted molar refractivity (Wildman–Crippen MR) is 51.8 cm³/mol. The summed E-state index contributed by atoms with van der Waals surface area (Å²) in [5.74, 6) is 0. The molecule has 2 aromatic rings. The molecule has 0 radical (unpaired) electrons. The van der Waals surface area contributed by atoms with E-state index in [1.165, 1.54) is 6.20 Å². The molecule has 4 heteroatoms. The van der Waals surface area contributed by atoms with Gasteiger partial charge in [-0.25, -0.2) is 0 Å². The summed E-state index contributed by atoms with van der Waals surface area (Å²) in [6.45, 7) is 0. The van der Waals surface area contributed by atoms with Crippen molar-refractivity contribution in [3.63, 3.8) is 0 Å². The summed E-state index contributed by atoms with van der Waals surface area (Å²) in [6, 6.07) is 3.65. The fraction of sp³-hybridized carbons (Fsp3) is 0.100. The molecule has 2 rings (SSSR count). The molecule has 0 aliphatic heterocycles. The Morgan fingerprint density at radius 1 is 1.43 bits per heavy atom. The van der Waals surface area contributed by atoms with E-state index in [2.05, 4.69) is 10.1 Å². The monoisotopic (exact) mass is 187 g/mol. The van der Waals surface area contributed by atoms with Crippen LogP contribution >= 0.6 is 0 Å². The second-order valence-electron chi connectivity index (χ2n) is 3.00. The van der Waals surface area contributed by atoms with Gasteiger partial charge in [-0.15, -0.1) is 0 Å². The number of carbonyl (C=O) groups excluding carboxylic acids is 1. The first-order valence-electron chi connectivity index (χ1n) is 4.20. The number of aromatic nitrogens is 3. The highest BCUT2D eigenvalue weighted by Gasteiger charge is 2.01. The first-order valence-corrected chi connectivity index (χ1v) is 4.20. The van der Waals surface area contributed by atoms with Crippen LogP contribution in [0.2, 0.25) is 0 Å². The topological polar surface area (TPSA) is 47.8 Å². The highest BCUT2D eigenvalue weighted by molar-refractivity contribution is 5.77. The molecule has 0 amide bonds. The van der Waals surface area contributed by atoms with E-state index >= 15 is 0 Å². The third kappa shape index (κ3) is 1.54. The second-order valence-corrected chi connectivity index (χ2v) is 3.00. The number of rotatable bonds is 2. The summed E-state index contributed by atoms with van der Waals surface area (Å²) in [7, 11) is 1.85. The van der Waals surface area contributed by atoms with Gasteiger partial charge in [0.25, 0.3) is 0 Å². The molecule has 0 saturated heterocycles. The minimum Gasteiger partial charge on any atom is -0.298 e. The van der Waals surface area contributed by atoms with Gasteiger partial charge in [0.05, 0.1) is 5.69 Å². The van der Waals surface area contributed by atoms with Crippen molar-refractivity contribution < 1.29 is 4.79 Å². The molecule has 0 aliphatic rings. The summed E-state index contributed by atoms with van der Waals surface area (Å²) in [5, 5.41) is 4.22. The Labute approximate surface area is 81.2 Å². The molecule has 2 aromatic heterocycles. The Bertz CT molecular complexity index is 462. The molecule has 2 heterocycles. The Hall–Kier alpha value is -1.97. The lowest BCUT2D eigenvalue weighted by molar-refractivity contribution is 0.112. The van der Waals surface area contributed by atoms with E-state index < -0.39 is 0 Å². The van der Waals surface area contributed by atoms with Gasteiger partial charge < -0.3 is 0 Å². The lowest BCUT2D eigenvalue weighted by Crippen LogP contribution is -1.89. The third-order valence-corrected chi connectivity index (χ3v) is 1.90. The standard InChI is InChI=1S/C10H9N3O/c1-13-3-2-10(12-13)9-4-8(7-14)5-11-6-9/h2-7H,1H3. The van der Waals surface area contributed by atoms with Crippen molar-refractivity contribution in [1.29, 1.82) is 0 Å². The maximum atomic E-state index is 10.5. The van der Waals surface area contributed by atoms with Crippen molar-refractivity contribution in [2.45, 2.75) is 0 Å². The minimum atomic E-state index is 0.563. The van der Waals surface area contributed by atoms with Crippen molar-refractivity contribution in [3.05, 3.63) is 36.3 Å². The summed E-state index contributed by atoms with van der Waals surface area (Å²) < 4.78 is 1.71. The van der Waals surface area contributed by atoms with Crippen LogP contribution in [0, 0.1) is 0 Å². The van der Waals surface area contributed by atoms with Gasteiger partial charge in [0.15, 0.2) is 6.29 Å². The lowest BCUT2D eigenvalue weighted by atomic mass is 10.2. The third-order valence-electron chi connectivity index (χ3n) is 1.90. The molecule has 0 spiro atoms. The van der Waals surface area contributed by atoms with E-state index in [1.54, 1.807) is 16.9 Å². The van der Waals surface area contributed by atoms with Crippen molar-refractivity contribution in [1.82, 2.24) is 14.8 Å². The summed E-state index contributed by atoms with van der Waals surface area (Å²) in [4.78, 5) is 14.5. The molecular weight excluding hydrogens is 178 g/mol. The number of aldehydes is 1. The maximum Gasteiger partial charge on any atom is 0.151 e. The second kappa shape index (κ2) is 3.41. The average molecular weight is 187 g/mol. The van der Waals surface area contributed by atoms with Gasteiger partial charge in [0, 0.05) is 36.8 Å². The predicted octanol–water partition coefficient (Wildman–Crippen LogP) is 1.29. The van der Waals surface area contributed by atoms with Crippen LogP contribution in [0.15, 0.2) is 30.7 Å². The summed E-state index contributed by atoms with van der Waals surface area (Å²) >= 11 is 0. The van der Waals surface area contributed by atoms with Gasteiger partial charge in [0.2, 0.25) is 0 Å². The zero-order valence-electron chi connectivity index (χ0n) is 7.71. The van der Waals surface area contributed by atoms with Crippen molar-refractivity contribution >= 4 is 6.29 Å². The Morgan fingerprint density at radius 2 is 2.29 bits per heavy atom. The van der Waals surface area contributed by atoms with Gasteiger partial charge in [-0.2, -0.15) is 5.10 Å². The van der Waals surface area contributed by atoms with Crippen LogP contribution in [0.25, 0.3) is 11.3 Å². The molecule has 0 unspecified atom stereocenters. The molecule has 70 valence electrons. The lowest BCUT2D eigenvalue weighted by Gasteiger charge is -1.96. The van der Waals surface area contributed by atoms with Crippen molar-refractivity contribution in [2.75, 3.05) is 0 Å². The van der Waals surface area contributed by atoms with E-state index in [1.807, 2.05) is 19.3 Å². The van der Waals surface area contributed by atoms with Gasteiger partial charge in [0.1, 0.15) is 0 Å². The molecule has 0 aromatic carbocycles. The Kier molecular flexibility index (Phi) is 2.10. The average Bonchev–Trinajstić information content (AvgIpc) is 2.65. The molecule has 0 N–H and O–H groups in total. The van der Waals surface area contributed by atoms with E-state index in [0.29, 0.717) is 5.56 Å². The molecule has 0 fully saturated rings. The van der Waals surface area contributed by atoms with Gasteiger partial charge in [-0.1, -0.05) is 0 Å². The highest BCUT2D eigenvalue weighted by atomic mass is 16.1. The van der Waals surface area contributed by atoms with Crippen LogP contribution in [0.5, 0.6) is 0 Å². The molecule has 4 nitrogen and oxygen atoms in total. The normalized spacial score (nSPS) is 10.1. The van der Waals surface area contributed by atoms with E-state index in [-0.39, 0.29) is 0 Å². The van der Waals surface area contributed by atoms with Gasteiger partial charge >= 0.3 is 0 Å². The van der Waals surface area contributed by atoms with E-state index in [9.17, 15) is 4.79 Å².